The Bertz CT molecular complexity index is 922. The van der Waals surface area contributed by atoms with Crippen LogP contribution in [-0.2, 0) is 21.2 Å². The van der Waals surface area contributed by atoms with Crippen molar-refractivity contribution in [2.75, 3.05) is 13.1 Å². The summed E-state index contributed by atoms with van der Waals surface area (Å²) in [6, 6.07) is 9.90. The molecule has 0 atom stereocenters. The van der Waals surface area contributed by atoms with Gasteiger partial charge in [-0.1, -0.05) is 30.3 Å². The Labute approximate surface area is 168 Å². The summed E-state index contributed by atoms with van der Waals surface area (Å²) in [6.07, 6.45) is 0.856. The van der Waals surface area contributed by atoms with Crippen LogP contribution in [0.3, 0.4) is 0 Å². The van der Waals surface area contributed by atoms with Crippen molar-refractivity contribution in [2.45, 2.75) is 52.4 Å². The fourth-order valence-corrected chi connectivity index (χ4v) is 4.95. The van der Waals surface area contributed by atoms with E-state index in [0.29, 0.717) is 11.4 Å². The monoisotopic (exact) mass is 402 g/mol. The molecule has 0 aliphatic rings. The normalized spacial score (nSPS) is 11.5. The molecule has 1 amide bonds. The minimum Gasteiger partial charge on any atom is -0.356 e. The maximum atomic E-state index is 12.8. The van der Waals surface area contributed by atoms with Crippen LogP contribution in [0.5, 0.6) is 0 Å². The number of hydrogen-bond donors (Lipinski definition) is 2. The van der Waals surface area contributed by atoms with Crippen LogP contribution in [-0.4, -0.2) is 27.4 Å². The number of hydrogen-bond acceptors (Lipinski definition) is 3. The van der Waals surface area contributed by atoms with Crippen molar-refractivity contribution in [3.8, 4) is 0 Å². The first-order valence-corrected chi connectivity index (χ1v) is 11.0. The molecule has 6 heteroatoms. The van der Waals surface area contributed by atoms with Crippen LogP contribution in [0.4, 0.5) is 0 Å². The van der Waals surface area contributed by atoms with Crippen molar-refractivity contribution in [1.82, 2.24) is 10.0 Å². The van der Waals surface area contributed by atoms with Crippen LogP contribution in [0, 0.1) is 34.6 Å². The van der Waals surface area contributed by atoms with Crippen molar-refractivity contribution < 1.29 is 13.2 Å². The van der Waals surface area contributed by atoms with Gasteiger partial charge in [0.25, 0.3) is 0 Å². The van der Waals surface area contributed by atoms with Gasteiger partial charge in [0.2, 0.25) is 15.9 Å². The van der Waals surface area contributed by atoms with Gasteiger partial charge < -0.3 is 5.32 Å². The van der Waals surface area contributed by atoms with Gasteiger partial charge in [0, 0.05) is 19.5 Å². The van der Waals surface area contributed by atoms with E-state index in [4.69, 9.17) is 0 Å². The maximum absolute atomic E-state index is 12.8. The van der Waals surface area contributed by atoms with Gasteiger partial charge >= 0.3 is 0 Å². The Morgan fingerprint density at radius 1 is 0.821 bits per heavy atom. The van der Waals surface area contributed by atoms with Crippen LogP contribution in [0.1, 0.15) is 39.8 Å². The summed E-state index contributed by atoms with van der Waals surface area (Å²) in [5, 5.41) is 2.83. The smallest absolute Gasteiger partial charge is 0.241 e. The Hall–Kier alpha value is -2.18. The third-order valence-electron chi connectivity index (χ3n) is 5.42. The summed E-state index contributed by atoms with van der Waals surface area (Å²) >= 11 is 0. The second-order valence-electron chi connectivity index (χ2n) is 7.19. The predicted octanol–water partition coefficient (Wildman–Crippen LogP) is 3.26. The van der Waals surface area contributed by atoms with E-state index in [2.05, 4.69) is 10.0 Å². The average Bonchev–Trinajstić information content (AvgIpc) is 2.65. The molecule has 0 spiro atoms. The summed E-state index contributed by atoms with van der Waals surface area (Å²) in [5.74, 6) is -0.164. The second-order valence-corrected chi connectivity index (χ2v) is 8.89. The molecule has 0 saturated carbocycles. The highest BCUT2D eigenvalue weighted by Gasteiger charge is 2.23. The van der Waals surface area contributed by atoms with Gasteiger partial charge in [-0.3, -0.25) is 4.79 Å². The van der Waals surface area contributed by atoms with Crippen molar-refractivity contribution in [1.29, 1.82) is 0 Å². The van der Waals surface area contributed by atoms with Gasteiger partial charge in [-0.15, -0.1) is 0 Å². The fourth-order valence-electron chi connectivity index (χ4n) is 3.32. The van der Waals surface area contributed by atoms with E-state index < -0.39 is 10.0 Å². The van der Waals surface area contributed by atoms with Gasteiger partial charge in [0.05, 0.1) is 4.90 Å². The molecule has 152 valence electrons. The minimum absolute atomic E-state index is 0.0738. The molecular formula is C22H30N2O3S. The van der Waals surface area contributed by atoms with Gasteiger partial charge in [-0.2, -0.15) is 0 Å². The molecule has 0 saturated heterocycles. The lowest BCUT2D eigenvalue weighted by Crippen LogP contribution is -2.32. The first-order chi connectivity index (χ1) is 13.1. The summed E-state index contributed by atoms with van der Waals surface area (Å²) in [5.41, 5.74) is 5.77. The lowest BCUT2D eigenvalue weighted by atomic mass is 9.95. The minimum atomic E-state index is -3.67. The van der Waals surface area contributed by atoms with Crippen LogP contribution >= 0.6 is 0 Å². The number of carbonyl (C=O) groups excluding carboxylic acids is 1. The van der Waals surface area contributed by atoms with E-state index in [9.17, 15) is 13.2 Å². The first kappa shape index (κ1) is 22.1. The van der Waals surface area contributed by atoms with E-state index in [0.717, 1.165) is 39.8 Å². The summed E-state index contributed by atoms with van der Waals surface area (Å²) in [7, 11) is -3.67. The number of rotatable bonds is 8. The molecule has 28 heavy (non-hydrogen) atoms. The van der Waals surface area contributed by atoms with E-state index in [1.54, 1.807) is 0 Å². The van der Waals surface area contributed by atoms with E-state index in [-0.39, 0.29) is 18.9 Å². The van der Waals surface area contributed by atoms with Crippen LogP contribution in [0.25, 0.3) is 0 Å². The number of benzene rings is 2. The highest BCUT2D eigenvalue weighted by Crippen LogP contribution is 2.29. The summed E-state index contributed by atoms with van der Waals surface area (Å²) < 4.78 is 28.2. The molecule has 0 radical (unpaired) electrons. The zero-order valence-electron chi connectivity index (χ0n) is 17.3. The molecule has 0 aliphatic heterocycles. The first-order valence-electron chi connectivity index (χ1n) is 9.52. The third-order valence-corrected chi connectivity index (χ3v) is 7.16. The fraction of sp³-hybridized carbons (Fsp3) is 0.409. The zero-order chi connectivity index (χ0) is 20.9. The molecule has 5 nitrogen and oxygen atoms in total. The maximum Gasteiger partial charge on any atom is 0.241 e. The largest absolute Gasteiger partial charge is 0.356 e. The van der Waals surface area contributed by atoms with E-state index >= 15 is 0 Å². The Morgan fingerprint density at radius 2 is 1.36 bits per heavy atom. The van der Waals surface area contributed by atoms with Crippen LogP contribution in [0.2, 0.25) is 0 Å². The van der Waals surface area contributed by atoms with E-state index in [1.807, 2.05) is 65.0 Å². The molecule has 0 aromatic heterocycles. The summed E-state index contributed by atoms with van der Waals surface area (Å²) in [6.45, 7) is 10.2. The Kier molecular flexibility index (Phi) is 7.38. The van der Waals surface area contributed by atoms with Gasteiger partial charge in [-0.05, 0) is 74.4 Å². The molecule has 2 rings (SSSR count). The SMILES string of the molecule is Cc1c(C)c(C)c(S(=O)(=O)NCCC(=O)NCCc2ccccc2)c(C)c1C. The molecule has 0 aliphatic carbocycles. The molecule has 2 aromatic carbocycles. The predicted molar refractivity (Wildman–Crippen MR) is 113 cm³/mol. The van der Waals surface area contributed by atoms with Gasteiger partial charge in [0.1, 0.15) is 0 Å². The number of carbonyl (C=O) groups is 1. The van der Waals surface area contributed by atoms with Crippen molar-refractivity contribution in [2.24, 2.45) is 0 Å². The highest BCUT2D eigenvalue weighted by atomic mass is 32.2. The standard InChI is InChI=1S/C22H30N2O3S/c1-15-16(2)18(4)22(19(5)17(15)3)28(26,27)24-14-12-21(25)23-13-11-20-9-7-6-8-10-20/h6-10,24H,11-14H2,1-5H3,(H,23,25). The zero-order valence-corrected chi connectivity index (χ0v) is 18.2. The molecule has 0 fully saturated rings. The Balaban J connectivity index is 1.93. The summed E-state index contributed by atoms with van der Waals surface area (Å²) in [4.78, 5) is 12.3. The average molecular weight is 403 g/mol. The topological polar surface area (TPSA) is 75.3 Å². The quantitative estimate of drug-likeness (QED) is 0.712. The molecule has 0 bridgehead atoms. The van der Waals surface area contributed by atoms with Crippen molar-refractivity contribution in [3.63, 3.8) is 0 Å². The lowest BCUT2D eigenvalue weighted by Gasteiger charge is -2.19. The molecule has 0 heterocycles. The van der Waals surface area contributed by atoms with Crippen molar-refractivity contribution >= 4 is 15.9 Å². The molecule has 2 N–H and O–H groups in total. The van der Waals surface area contributed by atoms with E-state index in [1.165, 1.54) is 0 Å². The molecule has 2 aromatic rings. The number of amides is 1. The third kappa shape index (κ3) is 5.20. The lowest BCUT2D eigenvalue weighted by molar-refractivity contribution is -0.120. The number of nitrogens with one attached hydrogen (secondary N) is 2. The van der Waals surface area contributed by atoms with Gasteiger partial charge in [0.15, 0.2) is 0 Å². The Morgan fingerprint density at radius 3 is 1.93 bits per heavy atom. The van der Waals surface area contributed by atoms with Crippen LogP contribution < -0.4 is 10.0 Å². The van der Waals surface area contributed by atoms with Gasteiger partial charge in [-0.25, -0.2) is 13.1 Å². The molecule has 0 unspecified atom stereocenters. The van der Waals surface area contributed by atoms with Crippen molar-refractivity contribution in [3.05, 3.63) is 63.7 Å². The number of sulfonamides is 1. The van der Waals surface area contributed by atoms with Crippen LogP contribution in [0.15, 0.2) is 35.2 Å². The highest BCUT2D eigenvalue weighted by molar-refractivity contribution is 7.89. The molecular weight excluding hydrogens is 372 g/mol. The second kappa shape index (κ2) is 9.34.